The average Bonchev–Trinajstić information content (AvgIpc) is 3.36. The Labute approximate surface area is 288 Å². The number of hydrogen-bond acceptors (Lipinski definition) is 9. The summed E-state index contributed by atoms with van der Waals surface area (Å²) in [5.41, 5.74) is 2.03. The number of carbonyl (C=O) groups excluding carboxylic acids is 3. The minimum atomic E-state index is -1.40. The van der Waals surface area contributed by atoms with Crippen molar-refractivity contribution in [2.45, 2.75) is 163 Å². The molecule has 0 aromatic rings. The second-order valence-electron chi connectivity index (χ2n) is 16.8. The lowest BCUT2D eigenvalue weighted by atomic mass is 9.47. The zero-order valence-electron chi connectivity index (χ0n) is 30.7. The first kappa shape index (κ1) is 37.3. The summed E-state index contributed by atoms with van der Waals surface area (Å²) < 4.78 is 28.6. The number of allylic oxidation sites excluding steroid dienone is 1. The van der Waals surface area contributed by atoms with Crippen molar-refractivity contribution in [3.8, 4) is 0 Å². The molecule has 1 N–H and O–H groups in total. The van der Waals surface area contributed by atoms with E-state index in [1.165, 1.54) is 71.3 Å². The summed E-state index contributed by atoms with van der Waals surface area (Å²) in [6.45, 7) is 15.8. The van der Waals surface area contributed by atoms with Crippen molar-refractivity contribution < 1.29 is 43.2 Å². The molecule has 1 heterocycles. The SMILES string of the molecule is CC(=O)OCC1O[C@H](OC2CC[C@@]3(C)C(=CCC4C3CC[C@@]3(C)C4CC[C@@H]3[C@H](C)CCCC(C)C)C2)C(O)C(OC(C)=O)[C@@H]1OC(C)=O. The van der Waals surface area contributed by atoms with E-state index >= 15 is 0 Å². The lowest BCUT2D eigenvalue weighted by molar-refractivity contribution is -0.316. The highest BCUT2D eigenvalue weighted by Crippen LogP contribution is 2.67. The Morgan fingerprint density at radius 3 is 2.29 bits per heavy atom. The van der Waals surface area contributed by atoms with Gasteiger partial charge in [-0.05, 0) is 97.7 Å². The molecule has 7 unspecified atom stereocenters. The van der Waals surface area contributed by atoms with Crippen molar-refractivity contribution in [1.29, 1.82) is 0 Å². The summed E-state index contributed by atoms with van der Waals surface area (Å²) >= 11 is 0. The minimum absolute atomic E-state index is 0.135. The number of fused-ring (bicyclic) bond motifs is 5. The Kier molecular flexibility index (Phi) is 11.7. The lowest BCUT2D eigenvalue weighted by Gasteiger charge is -2.58. The van der Waals surface area contributed by atoms with Crippen LogP contribution in [0.4, 0.5) is 0 Å². The van der Waals surface area contributed by atoms with Crippen LogP contribution in [0.5, 0.6) is 0 Å². The van der Waals surface area contributed by atoms with Crippen LogP contribution in [0.2, 0.25) is 0 Å². The molecular formula is C39H62O9. The molecule has 0 spiro atoms. The third-order valence-electron chi connectivity index (χ3n) is 13.3. The maximum atomic E-state index is 12.0. The molecule has 4 fully saturated rings. The van der Waals surface area contributed by atoms with E-state index in [-0.39, 0.29) is 18.1 Å². The van der Waals surface area contributed by atoms with Crippen LogP contribution in [0, 0.1) is 46.3 Å². The number of rotatable bonds is 11. The largest absolute Gasteiger partial charge is 0.463 e. The fourth-order valence-electron chi connectivity index (χ4n) is 11.0. The van der Waals surface area contributed by atoms with Crippen LogP contribution in [0.1, 0.15) is 126 Å². The van der Waals surface area contributed by atoms with Gasteiger partial charge in [0, 0.05) is 20.8 Å². The summed E-state index contributed by atoms with van der Waals surface area (Å²) in [4.78, 5) is 35.6. The molecular weight excluding hydrogens is 612 g/mol. The van der Waals surface area contributed by atoms with Crippen LogP contribution < -0.4 is 0 Å². The van der Waals surface area contributed by atoms with E-state index in [0.717, 1.165) is 55.3 Å². The number of aliphatic hydroxyl groups excluding tert-OH is 1. The summed E-state index contributed by atoms with van der Waals surface area (Å²) in [5, 5.41) is 11.3. The molecule has 3 saturated carbocycles. The highest BCUT2D eigenvalue weighted by molar-refractivity contribution is 5.68. The average molecular weight is 675 g/mol. The fraction of sp³-hybridized carbons (Fsp3) is 0.872. The van der Waals surface area contributed by atoms with Crippen LogP contribution in [0.3, 0.4) is 0 Å². The van der Waals surface area contributed by atoms with Crippen molar-refractivity contribution in [1.82, 2.24) is 0 Å². The molecule has 1 aliphatic heterocycles. The molecule has 0 radical (unpaired) electrons. The van der Waals surface area contributed by atoms with Crippen molar-refractivity contribution in [3.05, 3.63) is 11.6 Å². The quantitative estimate of drug-likeness (QED) is 0.142. The van der Waals surface area contributed by atoms with Gasteiger partial charge < -0.3 is 28.8 Å². The Morgan fingerprint density at radius 2 is 1.62 bits per heavy atom. The maximum Gasteiger partial charge on any atom is 0.303 e. The lowest BCUT2D eigenvalue weighted by Crippen LogP contribution is -2.62. The van der Waals surface area contributed by atoms with Crippen LogP contribution in [-0.4, -0.2) is 66.4 Å². The molecule has 5 aliphatic rings. The molecule has 0 bridgehead atoms. The van der Waals surface area contributed by atoms with Crippen molar-refractivity contribution >= 4 is 17.9 Å². The molecule has 0 aromatic heterocycles. The third-order valence-corrected chi connectivity index (χ3v) is 13.3. The smallest absolute Gasteiger partial charge is 0.303 e. The molecule has 4 aliphatic carbocycles. The molecule has 9 nitrogen and oxygen atoms in total. The highest BCUT2D eigenvalue weighted by atomic mass is 16.7. The zero-order valence-corrected chi connectivity index (χ0v) is 30.7. The van der Waals surface area contributed by atoms with Crippen molar-refractivity contribution in [2.75, 3.05) is 6.61 Å². The molecule has 0 amide bonds. The van der Waals surface area contributed by atoms with Gasteiger partial charge in [0.05, 0.1) is 6.10 Å². The molecule has 9 heteroatoms. The molecule has 0 aromatic carbocycles. The summed E-state index contributed by atoms with van der Waals surface area (Å²) in [5.74, 6) is 2.80. The number of hydrogen-bond donors (Lipinski definition) is 1. The molecule has 48 heavy (non-hydrogen) atoms. The van der Waals surface area contributed by atoms with Crippen LogP contribution in [-0.2, 0) is 38.1 Å². The van der Waals surface area contributed by atoms with Crippen LogP contribution >= 0.6 is 0 Å². The van der Waals surface area contributed by atoms with E-state index in [1.807, 2.05) is 0 Å². The number of aliphatic hydroxyl groups is 1. The Morgan fingerprint density at radius 1 is 0.917 bits per heavy atom. The van der Waals surface area contributed by atoms with Crippen LogP contribution in [0.25, 0.3) is 0 Å². The summed E-state index contributed by atoms with van der Waals surface area (Å²) in [6.07, 6.45) is 9.50. The number of esters is 3. The van der Waals surface area contributed by atoms with Gasteiger partial charge in [-0.25, -0.2) is 0 Å². The Bertz CT molecular complexity index is 1200. The van der Waals surface area contributed by atoms with Gasteiger partial charge in [0.25, 0.3) is 0 Å². The normalized spacial score (nSPS) is 41.3. The minimum Gasteiger partial charge on any atom is -0.463 e. The molecule has 1 saturated heterocycles. The fourth-order valence-corrected chi connectivity index (χ4v) is 11.0. The van der Waals surface area contributed by atoms with Crippen molar-refractivity contribution in [2.24, 2.45) is 46.3 Å². The maximum absolute atomic E-state index is 12.0. The first-order chi connectivity index (χ1) is 22.6. The summed E-state index contributed by atoms with van der Waals surface area (Å²) in [6, 6.07) is 0. The predicted molar refractivity (Wildman–Crippen MR) is 180 cm³/mol. The van der Waals surface area contributed by atoms with E-state index < -0.39 is 48.6 Å². The molecule has 5 rings (SSSR count). The Hall–Kier alpha value is -1.97. The van der Waals surface area contributed by atoms with Gasteiger partial charge >= 0.3 is 17.9 Å². The van der Waals surface area contributed by atoms with Gasteiger partial charge in [-0.15, -0.1) is 0 Å². The molecule has 13 atom stereocenters. The van der Waals surface area contributed by atoms with Gasteiger partial charge in [0.1, 0.15) is 18.8 Å². The first-order valence-corrected chi connectivity index (χ1v) is 18.8. The van der Waals surface area contributed by atoms with Gasteiger partial charge in [-0.3, -0.25) is 14.4 Å². The van der Waals surface area contributed by atoms with Gasteiger partial charge in [0.15, 0.2) is 18.5 Å². The summed E-state index contributed by atoms with van der Waals surface area (Å²) in [7, 11) is 0. The molecule has 272 valence electrons. The van der Waals surface area contributed by atoms with E-state index in [0.29, 0.717) is 11.3 Å². The monoisotopic (exact) mass is 674 g/mol. The van der Waals surface area contributed by atoms with Crippen LogP contribution in [0.15, 0.2) is 11.6 Å². The zero-order chi connectivity index (χ0) is 35.0. The standard InChI is InChI=1S/C39H62O9/c1-22(2)10-9-11-23(3)30-14-15-31-29-13-12-27-20-28(16-18-38(27,7)32(29)17-19-39(30,31)8)47-37-34(43)36(46-26(6)42)35(45-25(5)41)33(48-37)21-44-24(4)40/h12,22-23,28-37,43H,9-11,13-21H2,1-8H3/t23-,28?,29?,30-,31?,32?,33?,34?,35-,36?,37+,38+,39-/m1/s1. The first-order valence-electron chi connectivity index (χ1n) is 18.8. The second-order valence-corrected chi connectivity index (χ2v) is 16.8. The van der Waals surface area contributed by atoms with Gasteiger partial charge in [-0.2, -0.15) is 0 Å². The third kappa shape index (κ3) is 7.68. The predicted octanol–water partition coefficient (Wildman–Crippen LogP) is 6.93. The van der Waals surface area contributed by atoms with E-state index in [9.17, 15) is 19.5 Å². The van der Waals surface area contributed by atoms with E-state index in [1.54, 1.807) is 0 Å². The van der Waals surface area contributed by atoms with E-state index in [4.69, 9.17) is 23.7 Å². The second kappa shape index (κ2) is 15.1. The van der Waals surface area contributed by atoms with Gasteiger partial charge in [0.2, 0.25) is 0 Å². The highest BCUT2D eigenvalue weighted by Gasteiger charge is 2.59. The Balaban J connectivity index is 1.27. The topological polar surface area (TPSA) is 118 Å². The van der Waals surface area contributed by atoms with Gasteiger partial charge in [-0.1, -0.05) is 65.5 Å². The van der Waals surface area contributed by atoms with E-state index in [2.05, 4.69) is 40.7 Å². The number of ether oxygens (including phenoxy) is 5. The van der Waals surface area contributed by atoms with Crippen molar-refractivity contribution in [3.63, 3.8) is 0 Å². The number of carbonyl (C=O) groups is 3.